The van der Waals surface area contributed by atoms with Crippen molar-refractivity contribution in [3.8, 4) is 11.5 Å². The van der Waals surface area contributed by atoms with E-state index in [1.54, 1.807) is 0 Å². The Kier molecular flexibility index (Phi) is 2.11. The number of alkyl halides is 2. The van der Waals surface area contributed by atoms with Crippen LogP contribution in [0, 0.1) is 0 Å². The number of carbonyl (C=O) groups excluding carboxylic acids is 1. The van der Waals surface area contributed by atoms with Crippen molar-refractivity contribution in [2.24, 2.45) is 0 Å². The molecule has 0 unspecified atom stereocenters. The van der Waals surface area contributed by atoms with E-state index in [9.17, 15) is 13.6 Å². The van der Waals surface area contributed by atoms with Crippen LogP contribution in [-0.2, 0) is 4.74 Å². The summed E-state index contributed by atoms with van der Waals surface area (Å²) in [5, 5.41) is 0. The molecule has 0 aliphatic carbocycles. The van der Waals surface area contributed by atoms with E-state index in [4.69, 9.17) is 5.73 Å². The maximum Gasteiger partial charge on any atom is 0.586 e. The van der Waals surface area contributed by atoms with Gasteiger partial charge >= 0.3 is 12.3 Å². The third-order valence-corrected chi connectivity index (χ3v) is 1.93. The van der Waals surface area contributed by atoms with E-state index >= 15 is 0 Å². The van der Waals surface area contributed by atoms with E-state index < -0.39 is 12.3 Å². The van der Waals surface area contributed by atoms with Gasteiger partial charge in [-0.05, 0) is 6.07 Å². The van der Waals surface area contributed by atoms with E-state index in [-0.39, 0.29) is 22.7 Å². The molecule has 0 amide bonds. The molecule has 0 bridgehead atoms. The molecule has 5 nitrogen and oxygen atoms in total. The second-order valence-electron chi connectivity index (χ2n) is 3.05. The van der Waals surface area contributed by atoms with Gasteiger partial charge in [0.15, 0.2) is 11.5 Å². The van der Waals surface area contributed by atoms with Crippen LogP contribution in [0.15, 0.2) is 12.1 Å². The number of benzene rings is 1. The van der Waals surface area contributed by atoms with Gasteiger partial charge in [-0.3, -0.25) is 0 Å². The van der Waals surface area contributed by atoms with E-state index in [0.717, 1.165) is 13.2 Å². The van der Waals surface area contributed by atoms with Crippen LogP contribution < -0.4 is 15.2 Å². The standard InChI is InChI=1S/C9H7F2NO4/c1-14-8(13)5-2-4(12)3-6-7(5)16-9(10,11)15-6/h2-3H,12H2,1H3. The summed E-state index contributed by atoms with van der Waals surface area (Å²) in [4.78, 5) is 11.3. The number of hydrogen-bond acceptors (Lipinski definition) is 5. The van der Waals surface area contributed by atoms with Gasteiger partial charge in [0.05, 0.1) is 7.11 Å². The van der Waals surface area contributed by atoms with Gasteiger partial charge in [-0.15, -0.1) is 8.78 Å². The Bertz CT molecular complexity index is 461. The highest BCUT2D eigenvalue weighted by Gasteiger charge is 2.45. The summed E-state index contributed by atoms with van der Waals surface area (Å²) in [6.07, 6.45) is -3.79. The van der Waals surface area contributed by atoms with Gasteiger partial charge < -0.3 is 19.9 Å². The predicted octanol–water partition coefficient (Wildman–Crippen LogP) is 1.38. The molecule has 1 aromatic carbocycles. The first-order valence-electron chi connectivity index (χ1n) is 4.20. The number of methoxy groups -OCH3 is 1. The van der Waals surface area contributed by atoms with Crippen molar-refractivity contribution in [3.63, 3.8) is 0 Å². The highest BCUT2D eigenvalue weighted by molar-refractivity contribution is 5.95. The molecule has 2 N–H and O–H groups in total. The monoisotopic (exact) mass is 231 g/mol. The minimum atomic E-state index is -3.79. The fourth-order valence-electron chi connectivity index (χ4n) is 1.33. The van der Waals surface area contributed by atoms with Crippen LogP contribution >= 0.6 is 0 Å². The highest BCUT2D eigenvalue weighted by Crippen LogP contribution is 2.44. The van der Waals surface area contributed by atoms with Gasteiger partial charge in [0.2, 0.25) is 0 Å². The van der Waals surface area contributed by atoms with Crippen molar-refractivity contribution in [1.29, 1.82) is 0 Å². The van der Waals surface area contributed by atoms with Gasteiger partial charge in [-0.25, -0.2) is 4.79 Å². The van der Waals surface area contributed by atoms with Crippen LogP contribution in [0.4, 0.5) is 14.5 Å². The van der Waals surface area contributed by atoms with Crippen molar-refractivity contribution >= 4 is 11.7 Å². The molecular weight excluding hydrogens is 224 g/mol. The number of halogens is 2. The Hall–Kier alpha value is -2.05. The van der Waals surface area contributed by atoms with Gasteiger partial charge in [-0.1, -0.05) is 0 Å². The van der Waals surface area contributed by atoms with Crippen LogP contribution in [0.5, 0.6) is 11.5 Å². The molecule has 0 fully saturated rings. The molecule has 1 aromatic rings. The number of hydrogen-bond donors (Lipinski definition) is 1. The van der Waals surface area contributed by atoms with Crippen LogP contribution in [-0.4, -0.2) is 19.4 Å². The van der Waals surface area contributed by atoms with E-state index in [0.29, 0.717) is 0 Å². The van der Waals surface area contributed by atoms with Gasteiger partial charge in [0, 0.05) is 11.8 Å². The van der Waals surface area contributed by atoms with Crippen LogP contribution in [0.3, 0.4) is 0 Å². The number of carbonyl (C=O) groups is 1. The lowest BCUT2D eigenvalue weighted by Gasteiger charge is -2.06. The molecule has 2 rings (SSSR count). The molecule has 0 saturated carbocycles. The first-order valence-corrected chi connectivity index (χ1v) is 4.20. The van der Waals surface area contributed by atoms with Gasteiger partial charge in [-0.2, -0.15) is 0 Å². The van der Waals surface area contributed by atoms with Crippen LogP contribution in [0.1, 0.15) is 10.4 Å². The lowest BCUT2D eigenvalue weighted by molar-refractivity contribution is -0.286. The fourth-order valence-corrected chi connectivity index (χ4v) is 1.33. The quantitative estimate of drug-likeness (QED) is 0.584. The smallest absolute Gasteiger partial charge is 0.465 e. The number of rotatable bonds is 1. The summed E-state index contributed by atoms with van der Waals surface area (Å²) < 4.78 is 38.3. The van der Waals surface area contributed by atoms with Crippen molar-refractivity contribution in [3.05, 3.63) is 17.7 Å². The Morgan fingerprint density at radius 2 is 2.12 bits per heavy atom. The maximum absolute atomic E-state index is 12.8. The second-order valence-corrected chi connectivity index (χ2v) is 3.05. The molecule has 86 valence electrons. The predicted molar refractivity (Wildman–Crippen MR) is 48.4 cm³/mol. The van der Waals surface area contributed by atoms with Crippen LogP contribution in [0.25, 0.3) is 0 Å². The van der Waals surface area contributed by atoms with Crippen molar-refractivity contribution in [2.75, 3.05) is 12.8 Å². The molecule has 16 heavy (non-hydrogen) atoms. The summed E-state index contributed by atoms with van der Waals surface area (Å²) in [6.45, 7) is 0. The molecule has 1 heterocycles. The number of esters is 1. The molecule has 1 aliphatic heterocycles. The zero-order valence-corrected chi connectivity index (χ0v) is 8.12. The zero-order valence-electron chi connectivity index (χ0n) is 8.12. The Balaban J connectivity index is 2.53. The highest BCUT2D eigenvalue weighted by atomic mass is 19.3. The minimum absolute atomic E-state index is 0.0976. The summed E-state index contributed by atoms with van der Waals surface area (Å²) >= 11 is 0. The summed E-state index contributed by atoms with van der Waals surface area (Å²) in [7, 11) is 1.12. The normalized spacial score (nSPS) is 15.9. The summed E-state index contributed by atoms with van der Waals surface area (Å²) in [5.41, 5.74) is 5.32. The molecule has 0 atom stereocenters. The average Bonchev–Trinajstić information content (AvgIpc) is 2.49. The van der Waals surface area contributed by atoms with Gasteiger partial charge in [0.1, 0.15) is 5.56 Å². The fraction of sp³-hybridized carbons (Fsp3) is 0.222. The van der Waals surface area contributed by atoms with E-state index in [1.807, 2.05) is 0 Å². The minimum Gasteiger partial charge on any atom is -0.465 e. The maximum atomic E-state index is 12.8. The number of fused-ring (bicyclic) bond motifs is 1. The Morgan fingerprint density at radius 3 is 2.75 bits per heavy atom. The summed E-state index contributed by atoms with van der Waals surface area (Å²) in [6, 6.07) is 2.32. The molecule has 0 saturated heterocycles. The lowest BCUT2D eigenvalue weighted by Crippen LogP contribution is -2.26. The third-order valence-electron chi connectivity index (χ3n) is 1.93. The molecule has 7 heteroatoms. The average molecular weight is 231 g/mol. The Morgan fingerprint density at radius 1 is 1.44 bits per heavy atom. The number of nitrogen functional groups attached to an aromatic ring is 1. The zero-order chi connectivity index (χ0) is 11.9. The SMILES string of the molecule is COC(=O)c1cc(N)cc2c1OC(F)(F)O2. The van der Waals surface area contributed by atoms with E-state index in [1.165, 1.54) is 6.07 Å². The molecule has 0 spiro atoms. The molecule has 0 aromatic heterocycles. The number of anilines is 1. The lowest BCUT2D eigenvalue weighted by atomic mass is 10.1. The van der Waals surface area contributed by atoms with Crippen molar-refractivity contribution < 1.29 is 27.8 Å². The number of nitrogens with two attached hydrogens (primary N) is 1. The molecule has 1 aliphatic rings. The molecular formula is C9H7F2NO4. The van der Waals surface area contributed by atoms with Gasteiger partial charge in [0.25, 0.3) is 0 Å². The Labute approximate surface area is 88.7 Å². The largest absolute Gasteiger partial charge is 0.586 e. The van der Waals surface area contributed by atoms with Crippen molar-refractivity contribution in [1.82, 2.24) is 0 Å². The second kappa shape index (κ2) is 3.22. The van der Waals surface area contributed by atoms with Crippen LogP contribution in [0.2, 0.25) is 0 Å². The summed E-state index contributed by atoms with van der Waals surface area (Å²) in [5.74, 6) is -1.48. The first-order chi connectivity index (χ1) is 7.43. The van der Waals surface area contributed by atoms with Crippen molar-refractivity contribution in [2.45, 2.75) is 6.29 Å². The third kappa shape index (κ3) is 1.60. The van der Waals surface area contributed by atoms with E-state index in [2.05, 4.69) is 14.2 Å². The number of ether oxygens (including phenoxy) is 3. The topological polar surface area (TPSA) is 70.8 Å². The first kappa shape index (κ1) is 10.5. The molecule has 0 radical (unpaired) electrons.